The molecule has 1 aliphatic rings. The Labute approximate surface area is 162 Å². The second-order valence-electron chi connectivity index (χ2n) is 6.27. The van der Waals surface area contributed by atoms with Crippen molar-refractivity contribution < 1.29 is 4.42 Å². The van der Waals surface area contributed by atoms with E-state index < -0.39 is 0 Å². The van der Waals surface area contributed by atoms with E-state index in [9.17, 15) is 0 Å². The van der Waals surface area contributed by atoms with E-state index in [1.807, 2.05) is 30.3 Å². The third kappa shape index (κ3) is 3.82. The molecule has 0 unspecified atom stereocenters. The molecule has 0 amide bonds. The van der Waals surface area contributed by atoms with Crippen molar-refractivity contribution in [2.75, 3.05) is 31.1 Å². The highest BCUT2D eigenvalue weighted by atomic mass is 35.5. The maximum atomic E-state index is 6.05. The zero-order chi connectivity index (χ0) is 17.9. The molecule has 0 atom stereocenters. The van der Waals surface area contributed by atoms with Gasteiger partial charge < -0.3 is 9.32 Å². The molecule has 1 aliphatic heterocycles. The lowest BCUT2D eigenvalue weighted by Gasteiger charge is -2.35. The molecule has 0 saturated carbocycles. The Morgan fingerprint density at radius 2 is 1.77 bits per heavy atom. The van der Waals surface area contributed by atoms with Crippen LogP contribution in [0.25, 0.3) is 11.5 Å². The van der Waals surface area contributed by atoms with Crippen LogP contribution in [0.3, 0.4) is 0 Å². The maximum absolute atomic E-state index is 6.05. The quantitative estimate of drug-likeness (QED) is 0.625. The van der Waals surface area contributed by atoms with Crippen molar-refractivity contribution in [3.05, 3.63) is 64.5 Å². The summed E-state index contributed by atoms with van der Waals surface area (Å²) in [5, 5.41) is 5.17. The van der Waals surface area contributed by atoms with Gasteiger partial charge >= 0.3 is 0 Å². The summed E-state index contributed by atoms with van der Waals surface area (Å²) in [6, 6.07) is 17.9. The van der Waals surface area contributed by atoms with E-state index in [1.165, 1.54) is 5.69 Å². The molecule has 1 fully saturated rings. The highest BCUT2D eigenvalue weighted by Crippen LogP contribution is 2.22. The Kier molecular flexibility index (Phi) is 5.06. The minimum Gasteiger partial charge on any atom is -0.409 e. The van der Waals surface area contributed by atoms with Crippen molar-refractivity contribution >= 4 is 29.5 Å². The Morgan fingerprint density at radius 3 is 2.50 bits per heavy atom. The third-order valence-corrected chi connectivity index (χ3v) is 5.03. The molecule has 0 N–H and O–H groups in total. The van der Waals surface area contributed by atoms with Crippen molar-refractivity contribution in [1.82, 2.24) is 14.7 Å². The smallest absolute Gasteiger partial charge is 0.288 e. The molecule has 0 aliphatic carbocycles. The van der Waals surface area contributed by atoms with Crippen molar-refractivity contribution in [1.29, 1.82) is 0 Å². The van der Waals surface area contributed by atoms with Gasteiger partial charge in [-0.25, -0.2) is 4.68 Å². The predicted octanol–water partition coefficient (Wildman–Crippen LogP) is 4.31. The monoisotopic (exact) mass is 386 g/mol. The molecule has 134 valence electrons. The average Bonchev–Trinajstić information content (AvgIpc) is 3.04. The average molecular weight is 387 g/mol. The fourth-order valence-corrected chi connectivity index (χ4v) is 3.48. The summed E-state index contributed by atoms with van der Waals surface area (Å²) in [5.41, 5.74) is 2.10. The van der Waals surface area contributed by atoms with Crippen LogP contribution in [-0.2, 0) is 6.67 Å². The molecule has 2 heterocycles. The van der Waals surface area contributed by atoms with Crippen LogP contribution in [-0.4, -0.2) is 40.9 Å². The first kappa shape index (κ1) is 17.3. The van der Waals surface area contributed by atoms with Crippen LogP contribution in [0.4, 0.5) is 5.69 Å². The van der Waals surface area contributed by atoms with Gasteiger partial charge in [0.2, 0.25) is 5.89 Å². The topological polar surface area (TPSA) is 37.4 Å². The molecule has 2 aromatic carbocycles. The highest BCUT2D eigenvalue weighted by molar-refractivity contribution is 7.71. The summed E-state index contributed by atoms with van der Waals surface area (Å²) >= 11 is 11.4. The molecule has 3 aromatic rings. The van der Waals surface area contributed by atoms with Crippen LogP contribution in [0, 0.1) is 4.84 Å². The maximum Gasteiger partial charge on any atom is 0.288 e. The van der Waals surface area contributed by atoms with E-state index >= 15 is 0 Å². The lowest BCUT2D eigenvalue weighted by atomic mass is 10.2. The number of benzene rings is 2. The third-order valence-electron chi connectivity index (χ3n) is 4.51. The summed E-state index contributed by atoms with van der Waals surface area (Å²) in [6.07, 6.45) is 0. The second kappa shape index (κ2) is 7.61. The number of halogens is 1. The SMILES string of the molecule is S=c1oc(-c2cccc(Cl)c2)nn1CN1CCN(c2ccccc2)CC1. The molecular weight excluding hydrogens is 368 g/mol. The first-order valence-electron chi connectivity index (χ1n) is 8.55. The van der Waals surface area contributed by atoms with Crippen LogP contribution in [0.15, 0.2) is 59.0 Å². The number of aromatic nitrogens is 2. The van der Waals surface area contributed by atoms with Gasteiger partial charge in [0.05, 0.1) is 6.67 Å². The summed E-state index contributed by atoms with van der Waals surface area (Å²) in [6.45, 7) is 4.50. The summed E-state index contributed by atoms with van der Waals surface area (Å²) < 4.78 is 7.40. The van der Waals surface area contributed by atoms with Gasteiger partial charge in [-0.05, 0) is 42.5 Å². The molecule has 26 heavy (non-hydrogen) atoms. The predicted molar refractivity (Wildman–Crippen MR) is 106 cm³/mol. The highest BCUT2D eigenvalue weighted by Gasteiger charge is 2.18. The molecule has 1 saturated heterocycles. The van der Waals surface area contributed by atoms with E-state index in [2.05, 4.69) is 39.2 Å². The number of nitrogens with zero attached hydrogens (tertiary/aromatic N) is 4. The van der Waals surface area contributed by atoms with Crippen LogP contribution in [0.2, 0.25) is 5.02 Å². The number of rotatable bonds is 4. The molecule has 1 aromatic heterocycles. The minimum absolute atomic E-state index is 0.380. The van der Waals surface area contributed by atoms with Crippen molar-refractivity contribution in [3.8, 4) is 11.5 Å². The first-order chi connectivity index (χ1) is 12.7. The van der Waals surface area contributed by atoms with Crippen molar-refractivity contribution in [2.24, 2.45) is 0 Å². The van der Waals surface area contributed by atoms with Gasteiger partial charge in [0.25, 0.3) is 4.84 Å². The second-order valence-corrected chi connectivity index (χ2v) is 7.05. The number of piperazine rings is 1. The molecule has 7 heteroatoms. The molecule has 0 radical (unpaired) electrons. The van der Waals surface area contributed by atoms with Crippen LogP contribution < -0.4 is 4.90 Å². The fourth-order valence-electron chi connectivity index (χ4n) is 3.11. The summed E-state index contributed by atoms with van der Waals surface area (Å²) in [5.74, 6) is 0.500. The Hall–Kier alpha value is -2.15. The minimum atomic E-state index is 0.380. The number of para-hydroxylation sites is 1. The fraction of sp³-hybridized carbons (Fsp3) is 0.263. The lowest BCUT2D eigenvalue weighted by Crippen LogP contribution is -2.46. The van der Waals surface area contributed by atoms with E-state index in [0.29, 0.717) is 22.4 Å². The molecule has 0 spiro atoms. The van der Waals surface area contributed by atoms with Crippen molar-refractivity contribution in [2.45, 2.75) is 6.67 Å². The van der Waals surface area contributed by atoms with Gasteiger partial charge in [-0.1, -0.05) is 35.9 Å². The van der Waals surface area contributed by atoms with Gasteiger partial charge in [0.1, 0.15) is 0 Å². The van der Waals surface area contributed by atoms with E-state index in [4.69, 9.17) is 28.2 Å². The first-order valence-corrected chi connectivity index (χ1v) is 9.34. The number of hydrogen-bond donors (Lipinski definition) is 0. The molecule has 4 rings (SSSR count). The Balaban J connectivity index is 1.42. The van der Waals surface area contributed by atoms with Crippen LogP contribution in [0.5, 0.6) is 0 Å². The van der Waals surface area contributed by atoms with E-state index in [1.54, 1.807) is 4.68 Å². The summed E-state index contributed by atoms with van der Waals surface area (Å²) in [4.78, 5) is 5.11. The Bertz CT molecular complexity index is 932. The van der Waals surface area contributed by atoms with Crippen LogP contribution in [0.1, 0.15) is 0 Å². The molecule has 0 bridgehead atoms. The zero-order valence-electron chi connectivity index (χ0n) is 14.2. The van der Waals surface area contributed by atoms with Gasteiger partial charge in [-0.15, -0.1) is 5.10 Å². The standard InChI is InChI=1S/C19H19ClN4OS/c20-16-6-4-5-15(13-16)18-21-24(19(26)25-18)14-22-9-11-23(12-10-22)17-7-2-1-3-8-17/h1-8,13H,9-12,14H2. The summed E-state index contributed by atoms with van der Waals surface area (Å²) in [7, 11) is 0. The molecule has 5 nitrogen and oxygen atoms in total. The van der Waals surface area contributed by atoms with Gasteiger partial charge in [0.15, 0.2) is 0 Å². The van der Waals surface area contributed by atoms with Crippen LogP contribution >= 0.6 is 23.8 Å². The lowest BCUT2D eigenvalue weighted by molar-refractivity contribution is 0.192. The zero-order valence-corrected chi connectivity index (χ0v) is 15.8. The van der Waals surface area contributed by atoms with Gasteiger partial charge in [-0.2, -0.15) is 0 Å². The normalized spacial score (nSPS) is 15.3. The van der Waals surface area contributed by atoms with Gasteiger partial charge in [-0.3, -0.25) is 4.90 Å². The molecular formula is C19H19ClN4OS. The van der Waals surface area contributed by atoms with Crippen molar-refractivity contribution in [3.63, 3.8) is 0 Å². The van der Waals surface area contributed by atoms with Gasteiger partial charge in [0, 0.05) is 42.5 Å². The van der Waals surface area contributed by atoms with E-state index in [0.717, 1.165) is 31.7 Å². The number of anilines is 1. The Morgan fingerprint density at radius 1 is 1.00 bits per heavy atom. The van der Waals surface area contributed by atoms with E-state index in [-0.39, 0.29) is 0 Å². The largest absolute Gasteiger partial charge is 0.409 e. The number of hydrogen-bond acceptors (Lipinski definition) is 5.